The second-order valence-corrected chi connectivity index (χ2v) is 6.86. The molecule has 1 saturated heterocycles. The van der Waals surface area contributed by atoms with E-state index in [1.54, 1.807) is 26.0 Å². The van der Waals surface area contributed by atoms with Crippen LogP contribution in [0.3, 0.4) is 0 Å². The highest BCUT2D eigenvalue weighted by atomic mass is 16.7. The van der Waals surface area contributed by atoms with Crippen LogP contribution in [-0.2, 0) is 25.4 Å². The van der Waals surface area contributed by atoms with Gasteiger partial charge in [0.1, 0.15) is 12.2 Å². The van der Waals surface area contributed by atoms with Crippen molar-refractivity contribution in [1.82, 2.24) is 0 Å². The molecule has 9 heteroatoms. The maximum Gasteiger partial charge on any atom is 0.331 e. The molecule has 0 aromatic heterocycles. The fourth-order valence-electron chi connectivity index (χ4n) is 2.72. The highest BCUT2D eigenvalue weighted by Crippen LogP contribution is 2.26. The van der Waals surface area contributed by atoms with Gasteiger partial charge >= 0.3 is 5.97 Å². The second-order valence-electron chi connectivity index (χ2n) is 6.86. The van der Waals surface area contributed by atoms with Gasteiger partial charge in [-0.3, -0.25) is 0 Å². The fourth-order valence-corrected chi connectivity index (χ4v) is 2.72. The van der Waals surface area contributed by atoms with Crippen LogP contribution < -0.4 is 0 Å². The summed E-state index contributed by atoms with van der Waals surface area (Å²) in [5.41, 5.74) is 1.38. The Labute approximate surface area is 168 Å². The van der Waals surface area contributed by atoms with E-state index in [0.717, 1.165) is 0 Å². The number of phenolic OH excluding ortho intramolecular Hbond substituents is 2. The van der Waals surface area contributed by atoms with Crippen molar-refractivity contribution in [2.24, 2.45) is 0 Å². The van der Waals surface area contributed by atoms with Crippen LogP contribution in [0, 0.1) is 0 Å². The molecule has 1 aliphatic rings. The second kappa shape index (κ2) is 10.3. The van der Waals surface area contributed by atoms with Crippen molar-refractivity contribution in [2.75, 3.05) is 6.61 Å². The largest absolute Gasteiger partial charge is 0.504 e. The number of hydrogen-bond donors (Lipinski definition) is 5. The highest BCUT2D eigenvalue weighted by molar-refractivity contribution is 5.82. The van der Waals surface area contributed by atoms with E-state index in [9.17, 15) is 30.3 Å². The van der Waals surface area contributed by atoms with Crippen LogP contribution in [0.5, 0.6) is 11.5 Å². The maximum atomic E-state index is 11.9. The molecule has 0 radical (unpaired) electrons. The van der Waals surface area contributed by atoms with Gasteiger partial charge in [-0.25, -0.2) is 4.79 Å². The van der Waals surface area contributed by atoms with Crippen LogP contribution >= 0.6 is 0 Å². The number of ether oxygens (including phenoxy) is 3. The Morgan fingerprint density at radius 3 is 2.52 bits per heavy atom. The molecule has 2 rings (SSSR count). The summed E-state index contributed by atoms with van der Waals surface area (Å²) in [7, 11) is 0. The molecule has 0 aliphatic carbocycles. The van der Waals surface area contributed by atoms with E-state index in [1.165, 1.54) is 24.5 Å². The summed E-state index contributed by atoms with van der Waals surface area (Å²) >= 11 is 0. The van der Waals surface area contributed by atoms with E-state index in [-0.39, 0.29) is 11.5 Å². The number of hydrogen-bond acceptors (Lipinski definition) is 9. The summed E-state index contributed by atoms with van der Waals surface area (Å²) in [5.74, 6) is -1.22. The predicted octanol–water partition coefficient (Wildman–Crippen LogP) is 0.488. The van der Waals surface area contributed by atoms with Crippen LogP contribution in [0.4, 0.5) is 0 Å². The third-order valence-electron chi connectivity index (χ3n) is 4.18. The number of carbonyl (C=O) groups excluding carboxylic acids is 1. The van der Waals surface area contributed by atoms with Gasteiger partial charge in [-0.1, -0.05) is 11.6 Å². The van der Waals surface area contributed by atoms with Gasteiger partial charge < -0.3 is 39.7 Å². The zero-order chi connectivity index (χ0) is 21.6. The summed E-state index contributed by atoms with van der Waals surface area (Å²) in [4.78, 5) is 11.9. The third-order valence-corrected chi connectivity index (χ3v) is 4.18. The molecule has 0 amide bonds. The van der Waals surface area contributed by atoms with Crippen molar-refractivity contribution >= 4 is 5.97 Å². The zero-order valence-corrected chi connectivity index (χ0v) is 16.1. The standard InChI is InChI=1S/C20H26O9/c1-11(2)8-16(24)29-19-17(25)15(10-21)28-20(18(19)26)27-7-3-4-12-5-6-13(22)14(23)9-12/h3,5-9,15,17-23,25-26H,4,10H2,1-2H3/b7-3-/t15-,17-,18-,19+,20-/m1/s1. The molecule has 160 valence electrons. The van der Waals surface area contributed by atoms with Gasteiger partial charge in [0.05, 0.1) is 12.9 Å². The van der Waals surface area contributed by atoms with Gasteiger partial charge in [-0.05, 0) is 44.0 Å². The predicted molar refractivity (Wildman–Crippen MR) is 101 cm³/mol. The average molecular weight is 410 g/mol. The van der Waals surface area contributed by atoms with E-state index < -0.39 is 43.3 Å². The smallest absolute Gasteiger partial charge is 0.331 e. The molecule has 0 saturated carbocycles. The molecule has 9 nitrogen and oxygen atoms in total. The Balaban J connectivity index is 2.01. The molecule has 0 unspecified atom stereocenters. The van der Waals surface area contributed by atoms with E-state index in [2.05, 4.69) is 0 Å². The van der Waals surface area contributed by atoms with E-state index in [1.807, 2.05) is 0 Å². The third kappa shape index (κ3) is 6.20. The summed E-state index contributed by atoms with van der Waals surface area (Å²) in [6, 6.07) is 4.36. The highest BCUT2D eigenvalue weighted by Gasteiger charge is 2.47. The lowest BCUT2D eigenvalue weighted by Crippen LogP contribution is -2.60. The molecular formula is C20H26O9. The van der Waals surface area contributed by atoms with Crippen LogP contribution in [0.25, 0.3) is 0 Å². The number of rotatable bonds is 7. The maximum absolute atomic E-state index is 11.9. The summed E-state index contributed by atoms with van der Waals surface area (Å²) < 4.78 is 15.8. The van der Waals surface area contributed by atoms with Gasteiger partial charge in [0.25, 0.3) is 0 Å². The SMILES string of the molecule is CC(C)=CC(=O)O[C@@H]1[C@@H](O)[C@H](O/C=C\Cc2ccc(O)c(O)c2)O[C@H](CO)[C@H]1O. The summed E-state index contributed by atoms with van der Waals surface area (Å²) in [5, 5.41) is 48.8. The molecular weight excluding hydrogens is 384 g/mol. The fraction of sp³-hybridized carbons (Fsp3) is 0.450. The lowest BCUT2D eigenvalue weighted by Gasteiger charge is -2.40. The Bertz CT molecular complexity index is 754. The van der Waals surface area contributed by atoms with Crippen molar-refractivity contribution in [1.29, 1.82) is 0 Å². The minimum atomic E-state index is -1.50. The van der Waals surface area contributed by atoms with E-state index >= 15 is 0 Å². The molecule has 1 fully saturated rings. The Kier molecular flexibility index (Phi) is 8.03. The van der Waals surface area contributed by atoms with Crippen LogP contribution in [0.15, 0.2) is 42.2 Å². The monoisotopic (exact) mass is 410 g/mol. The Hall–Kier alpha value is -2.59. The quantitative estimate of drug-likeness (QED) is 0.188. The number of aliphatic hydroxyl groups excluding tert-OH is 3. The first-order chi connectivity index (χ1) is 13.7. The first kappa shape index (κ1) is 22.7. The number of aromatic hydroxyl groups is 2. The molecule has 1 heterocycles. The van der Waals surface area contributed by atoms with Gasteiger partial charge in [0, 0.05) is 6.08 Å². The van der Waals surface area contributed by atoms with Crippen molar-refractivity contribution in [3.05, 3.63) is 47.7 Å². The van der Waals surface area contributed by atoms with Gasteiger partial charge in [-0.15, -0.1) is 0 Å². The Morgan fingerprint density at radius 2 is 1.90 bits per heavy atom. The summed E-state index contributed by atoms with van der Waals surface area (Å²) in [6.45, 7) is 2.82. The molecule has 0 spiro atoms. The molecule has 29 heavy (non-hydrogen) atoms. The number of carbonyl (C=O) groups is 1. The van der Waals surface area contributed by atoms with Gasteiger partial charge in [0.2, 0.25) is 6.29 Å². The average Bonchev–Trinajstić information content (AvgIpc) is 2.66. The minimum absolute atomic E-state index is 0.227. The van der Waals surface area contributed by atoms with Crippen molar-refractivity contribution < 1.29 is 44.5 Å². The zero-order valence-electron chi connectivity index (χ0n) is 16.1. The van der Waals surface area contributed by atoms with Crippen molar-refractivity contribution in [3.8, 4) is 11.5 Å². The topological polar surface area (TPSA) is 146 Å². The molecule has 1 aromatic carbocycles. The number of phenols is 2. The lowest BCUT2D eigenvalue weighted by molar-refractivity contribution is -0.290. The number of benzene rings is 1. The normalized spacial score (nSPS) is 26.9. The van der Waals surface area contributed by atoms with Crippen molar-refractivity contribution in [3.63, 3.8) is 0 Å². The molecule has 0 bridgehead atoms. The molecule has 1 aliphatic heterocycles. The first-order valence-electron chi connectivity index (χ1n) is 9.02. The van der Waals surface area contributed by atoms with Crippen LogP contribution in [-0.4, -0.2) is 68.8 Å². The minimum Gasteiger partial charge on any atom is -0.504 e. The Morgan fingerprint density at radius 1 is 1.17 bits per heavy atom. The van der Waals surface area contributed by atoms with Gasteiger partial charge in [0.15, 0.2) is 23.7 Å². The first-order valence-corrected chi connectivity index (χ1v) is 9.02. The van der Waals surface area contributed by atoms with Crippen LogP contribution in [0.2, 0.25) is 0 Å². The van der Waals surface area contributed by atoms with Gasteiger partial charge in [-0.2, -0.15) is 0 Å². The number of aliphatic hydroxyl groups is 3. The van der Waals surface area contributed by atoms with Crippen molar-refractivity contribution in [2.45, 2.75) is 51.0 Å². The summed E-state index contributed by atoms with van der Waals surface area (Å²) in [6.07, 6.45) is -2.30. The molecule has 5 N–H and O–H groups in total. The molecule has 1 aromatic rings. The van der Waals surface area contributed by atoms with E-state index in [0.29, 0.717) is 17.6 Å². The number of allylic oxidation sites excluding steroid dienone is 2. The number of esters is 1. The van der Waals surface area contributed by atoms with E-state index in [4.69, 9.17) is 14.2 Å². The van der Waals surface area contributed by atoms with Crippen LogP contribution in [0.1, 0.15) is 19.4 Å². The lowest BCUT2D eigenvalue weighted by atomic mass is 9.99. The molecule has 5 atom stereocenters.